The number of carbonyl (C=O) groups excluding carboxylic acids is 1. The van der Waals surface area contributed by atoms with Crippen molar-refractivity contribution < 1.29 is 26.9 Å². The van der Waals surface area contributed by atoms with E-state index >= 15 is 0 Å². The lowest BCUT2D eigenvalue weighted by atomic mass is 9.49. The minimum Gasteiger partial charge on any atom is -0.493 e. The third-order valence-corrected chi connectivity index (χ3v) is 5.71. The van der Waals surface area contributed by atoms with Gasteiger partial charge in [-0.2, -0.15) is 0 Å². The van der Waals surface area contributed by atoms with Crippen molar-refractivity contribution in [2.75, 3.05) is 20.8 Å². The highest BCUT2D eigenvalue weighted by atomic mass is 16.5. The number of carboxylic acid groups (broad SMARTS) is 1. The van der Waals surface area contributed by atoms with E-state index in [1.54, 1.807) is 12.1 Å². The summed E-state index contributed by atoms with van der Waals surface area (Å²) in [5.74, 6) is -0.805. The van der Waals surface area contributed by atoms with Crippen LogP contribution in [0, 0.1) is 5.41 Å². The lowest BCUT2D eigenvalue weighted by molar-refractivity contribution is -0.218. The fraction of sp³-hybridized carbons (Fsp3) is 0.556. The number of carboxylic acids is 1. The third kappa shape index (κ3) is 1.47. The SMILES string of the molecule is [2H]C1([2H])CCC[C@@]2(C(=O)O)C(=O)N3CCc4cc(OC)c(OC)cc4[C@]312. The summed E-state index contributed by atoms with van der Waals surface area (Å²) in [6.45, 7) is 0.301. The van der Waals surface area contributed by atoms with Gasteiger partial charge in [0.2, 0.25) is 5.91 Å². The van der Waals surface area contributed by atoms with Gasteiger partial charge in [0.25, 0.3) is 0 Å². The first-order chi connectivity index (χ1) is 12.3. The number of hydrogen-bond acceptors (Lipinski definition) is 4. The molecule has 1 aromatic carbocycles. The van der Waals surface area contributed by atoms with Crippen molar-refractivity contribution in [2.45, 2.75) is 37.6 Å². The molecule has 2 heterocycles. The quantitative estimate of drug-likeness (QED) is 0.676. The van der Waals surface area contributed by atoms with Crippen molar-refractivity contribution in [2.24, 2.45) is 5.41 Å². The molecule has 0 aromatic heterocycles. The molecule has 1 aromatic rings. The molecular weight excluding hydrogens is 310 g/mol. The number of hydrogen-bond donors (Lipinski definition) is 1. The number of carbonyl (C=O) groups is 2. The van der Waals surface area contributed by atoms with Gasteiger partial charge in [-0.25, -0.2) is 0 Å². The Morgan fingerprint density at radius 1 is 1.29 bits per heavy atom. The molecule has 3 aliphatic rings. The highest BCUT2D eigenvalue weighted by Gasteiger charge is 2.77. The standard InChI is InChI=1S/C18H21NO5/c1-23-13-9-11-5-8-19-15(20)17(16(21)22)6-3-4-7-18(17,19)12(11)10-14(13)24-2/h9-10H,3-8H2,1-2H3,(H,21,22)/t17-,18+/m0/s1/i7D2. The van der Waals surface area contributed by atoms with Crippen molar-refractivity contribution in [3.63, 3.8) is 0 Å². The number of β-lactam (4-membered cyclic amide) rings is 1. The Balaban J connectivity index is 2.06. The zero-order chi connectivity index (χ0) is 18.9. The third-order valence-electron chi connectivity index (χ3n) is 5.71. The molecule has 1 N–H and O–H groups in total. The summed E-state index contributed by atoms with van der Waals surface area (Å²) in [6, 6.07) is 3.44. The predicted octanol–water partition coefficient (Wildman–Crippen LogP) is 1.94. The predicted molar refractivity (Wildman–Crippen MR) is 85.2 cm³/mol. The number of amides is 1. The molecule has 1 saturated heterocycles. The second kappa shape index (κ2) is 4.88. The van der Waals surface area contributed by atoms with Gasteiger partial charge >= 0.3 is 5.97 Å². The second-order valence-electron chi connectivity index (χ2n) is 6.52. The molecule has 0 unspecified atom stereocenters. The maximum Gasteiger partial charge on any atom is 0.322 e. The molecule has 0 radical (unpaired) electrons. The van der Waals surface area contributed by atoms with Crippen LogP contribution in [0.4, 0.5) is 0 Å². The first-order valence-electron chi connectivity index (χ1n) is 9.09. The van der Waals surface area contributed by atoms with Crippen LogP contribution in [0.5, 0.6) is 11.5 Å². The minimum atomic E-state index is -1.85. The monoisotopic (exact) mass is 333 g/mol. The summed E-state index contributed by atoms with van der Waals surface area (Å²) in [4.78, 5) is 26.6. The van der Waals surface area contributed by atoms with Crippen molar-refractivity contribution in [1.82, 2.24) is 4.90 Å². The first kappa shape index (κ1) is 13.1. The average Bonchev–Trinajstić information content (AvgIpc) is 2.61. The molecule has 24 heavy (non-hydrogen) atoms. The summed E-state index contributed by atoms with van der Waals surface area (Å²) >= 11 is 0. The summed E-state index contributed by atoms with van der Waals surface area (Å²) in [5.41, 5.74) is -1.92. The van der Waals surface area contributed by atoms with E-state index in [0.29, 0.717) is 36.4 Å². The van der Waals surface area contributed by atoms with E-state index in [1.807, 2.05) is 0 Å². The van der Waals surface area contributed by atoms with Gasteiger partial charge in [0.1, 0.15) is 0 Å². The smallest absolute Gasteiger partial charge is 0.322 e. The Morgan fingerprint density at radius 2 is 2.00 bits per heavy atom. The Kier molecular flexibility index (Phi) is 2.66. The van der Waals surface area contributed by atoms with Gasteiger partial charge in [0.05, 0.1) is 19.8 Å². The van der Waals surface area contributed by atoms with E-state index < -0.39 is 29.2 Å². The van der Waals surface area contributed by atoms with Gasteiger partial charge in [-0.1, -0.05) is 12.8 Å². The van der Waals surface area contributed by atoms with Crippen molar-refractivity contribution in [3.8, 4) is 11.5 Å². The second-order valence-corrected chi connectivity index (χ2v) is 6.52. The van der Waals surface area contributed by atoms with Crippen molar-refractivity contribution in [1.29, 1.82) is 0 Å². The molecule has 4 rings (SSSR count). The van der Waals surface area contributed by atoms with Crippen LogP contribution in [-0.4, -0.2) is 42.6 Å². The number of nitrogens with zero attached hydrogens (tertiary/aromatic N) is 1. The number of ether oxygens (including phenoxy) is 2. The summed E-state index contributed by atoms with van der Waals surface area (Å²) in [7, 11) is 3.00. The van der Waals surface area contributed by atoms with E-state index in [9.17, 15) is 14.7 Å². The Hall–Kier alpha value is -2.24. The van der Waals surface area contributed by atoms with E-state index in [4.69, 9.17) is 12.2 Å². The molecule has 2 aliphatic heterocycles. The summed E-state index contributed by atoms with van der Waals surface area (Å²) < 4.78 is 28.2. The van der Waals surface area contributed by atoms with E-state index in [1.165, 1.54) is 19.1 Å². The molecule has 2 atom stereocenters. The molecule has 6 nitrogen and oxygen atoms in total. The normalized spacial score (nSPS) is 33.9. The fourth-order valence-electron chi connectivity index (χ4n) is 4.66. The Labute approximate surface area is 143 Å². The molecule has 0 bridgehead atoms. The summed E-state index contributed by atoms with van der Waals surface area (Å²) in [6.07, 6.45) is -0.616. The van der Waals surface area contributed by atoms with Gasteiger partial charge in [-0.15, -0.1) is 0 Å². The molecule has 2 fully saturated rings. The van der Waals surface area contributed by atoms with Gasteiger partial charge in [0.15, 0.2) is 16.9 Å². The minimum absolute atomic E-state index is 0.144. The van der Waals surface area contributed by atoms with Crippen LogP contribution in [0.3, 0.4) is 0 Å². The van der Waals surface area contributed by atoms with Crippen LogP contribution >= 0.6 is 0 Å². The largest absolute Gasteiger partial charge is 0.493 e. The van der Waals surface area contributed by atoms with Gasteiger partial charge in [-0.3, -0.25) is 9.59 Å². The average molecular weight is 333 g/mol. The summed E-state index contributed by atoms with van der Waals surface area (Å²) in [5, 5.41) is 10.0. The molecule has 1 saturated carbocycles. The molecule has 1 aliphatic carbocycles. The molecular formula is C18H21NO5. The van der Waals surface area contributed by atoms with Crippen LogP contribution in [0.15, 0.2) is 12.1 Å². The number of aliphatic carboxylic acids is 1. The Bertz CT molecular complexity index is 826. The molecule has 1 amide bonds. The van der Waals surface area contributed by atoms with E-state index in [0.717, 1.165) is 5.56 Å². The van der Waals surface area contributed by atoms with Crippen molar-refractivity contribution in [3.05, 3.63) is 23.3 Å². The molecule has 6 heteroatoms. The number of methoxy groups -OCH3 is 2. The lowest BCUT2D eigenvalue weighted by Crippen LogP contribution is -2.80. The maximum absolute atomic E-state index is 12.9. The zero-order valence-corrected chi connectivity index (χ0v) is 13.7. The first-order valence-corrected chi connectivity index (χ1v) is 8.09. The van der Waals surface area contributed by atoms with Crippen LogP contribution in [0.25, 0.3) is 0 Å². The highest BCUT2D eigenvalue weighted by molar-refractivity contribution is 6.10. The van der Waals surface area contributed by atoms with Crippen LogP contribution in [0.2, 0.25) is 0 Å². The maximum atomic E-state index is 12.9. The zero-order valence-electron chi connectivity index (χ0n) is 15.7. The number of fused-ring (bicyclic) bond motifs is 1. The lowest BCUT2D eigenvalue weighted by Gasteiger charge is -2.67. The van der Waals surface area contributed by atoms with E-state index in [2.05, 4.69) is 0 Å². The van der Waals surface area contributed by atoms with Gasteiger partial charge in [-0.05, 0) is 42.5 Å². The van der Waals surface area contributed by atoms with Crippen LogP contribution in [-0.2, 0) is 21.5 Å². The van der Waals surface area contributed by atoms with Crippen LogP contribution in [0.1, 0.15) is 39.5 Å². The number of benzene rings is 1. The van der Waals surface area contributed by atoms with Gasteiger partial charge < -0.3 is 19.5 Å². The molecule has 128 valence electrons. The topological polar surface area (TPSA) is 76.1 Å². The van der Waals surface area contributed by atoms with Crippen LogP contribution < -0.4 is 9.47 Å². The highest BCUT2D eigenvalue weighted by Crippen LogP contribution is 2.65. The number of rotatable bonds is 3. The molecule has 1 spiro atoms. The van der Waals surface area contributed by atoms with E-state index in [-0.39, 0.29) is 12.8 Å². The Morgan fingerprint density at radius 3 is 2.67 bits per heavy atom. The van der Waals surface area contributed by atoms with Gasteiger partial charge in [0, 0.05) is 9.29 Å². The fourth-order valence-corrected chi connectivity index (χ4v) is 4.66. The van der Waals surface area contributed by atoms with Crippen molar-refractivity contribution >= 4 is 11.9 Å².